The molecule has 1 aliphatic rings. The van der Waals surface area contributed by atoms with Crippen LogP contribution in [0.1, 0.15) is 12.8 Å². The van der Waals surface area contributed by atoms with Gasteiger partial charge in [-0.2, -0.15) is 0 Å². The molecule has 1 aliphatic heterocycles. The molecule has 1 heterocycles. The Balaban J connectivity index is 2.16. The highest BCUT2D eigenvalue weighted by Gasteiger charge is 2.22. The molecule has 100 valence electrons. The van der Waals surface area contributed by atoms with Gasteiger partial charge >= 0.3 is 0 Å². The first-order chi connectivity index (χ1) is 8.49. The van der Waals surface area contributed by atoms with E-state index in [4.69, 9.17) is 16.3 Å². The molecule has 1 saturated heterocycles. The van der Waals surface area contributed by atoms with E-state index in [1.54, 1.807) is 6.07 Å². The average molecular weight is 355 g/mol. The summed E-state index contributed by atoms with van der Waals surface area (Å²) in [5.74, 6) is 0. The second-order valence-electron chi connectivity index (χ2n) is 4.08. The second-order valence-corrected chi connectivity index (χ2v) is 7.06. The topological polar surface area (TPSA) is 55.4 Å². The van der Waals surface area contributed by atoms with Crippen LogP contribution in [0.4, 0.5) is 0 Å². The monoisotopic (exact) mass is 353 g/mol. The molecule has 18 heavy (non-hydrogen) atoms. The highest BCUT2D eigenvalue weighted by Crippen LogP contribution is 2.25. The number of ether oxygens (including phenoxy) is 1. The Labute approximate surface area is 120 Å². The molecule has 0 atom stereocenters. The third kappa shape index (κ3) is 3.45. The molecule has 0 saturated carbocycles. The van der Waals surface area contributed by atoms with Gasteiger partial charge in [0.15, 0.2) is 0 Å². The molecule has 1 aromatic rings. The van der Waals surface area contributed by atoms with Crippen LogP contribution in [-0.2, 0) is 14.8 Å². The lowest BCUT2D eigenvalue weighted by Crippen LogP contribution is -2.38. The maximum absolute atomic E-state index is 12.1. The molecule has 0 spiro atoms. The fraction of sp³-hybridized carbons (Fsp3) is 0.455. The van der Waals surface area contributed by atoms with Gasteiger partial charge in [0.1, 0.15) is 0 Å². The molecule has 2 rings (SSSR count). The molecule has 0 amide bonds. The lowest BCUT2D eigenvalue weighted by Gasteiger charge is -2.23. The predicted molar refractivity (Wildman–Crippen MR) is 73.3 cm³/mol. The minimum Gasteiger partial charge on any atom is -0.381 e. The zero-order valence-electron chi connectivity index (χ0n) is 9.53. The Bertz CT molecular complexity index is 529. The third-order valence-electron chi connectivity index (χ3n) is 2.74. The number of hydrogen-bond donors (Lipinski definition) is 1. The van der Waals surface area contributed by atoms with Crippen molar-refractivity contribution in [3.8, 4) is 0 Å². The van der Waals surface area contributed by atoms with E-state index in [9.17, 15) is 8.42 Å². The molecule has 1 aromatic carbocycles. The van der Waals surface area contributed by atoms with Crippen LogP contribution < -0.4 is 4.72 Å². The Morgan fingerprint density at radius 2 is 2.00 bits per heavy atom. The van der Waals surface area contributed by atoms with Gasteiger partial charge in [-0.3, -0.25) is 0 Å². The Morgan fingerprint density at radius 3 is 2.61 bits per heavy atom. The summed E-state index contributed by atoms with van der Waals surface area (Å²) in [5.41, 5.74) is 0. The number of sulfonamides is 1. The molecule has 7 heteroatoms. The first-order valence-electron chi connectivity index (χ1n) is 5.54. The SMILES string of the molecule is O=S(=O)(NC1CCOCC1)c1ccc(Cl)c(Br)c1. The summed E-state index contributed by atoms with van der Waals surface area (Å²) in [6.45, 7) is 1.19. The minimum atomic E-state index is -3.49. The average Bonchev–Trinajstić information content (AvgIpc) is 2.33. The van der Waals surface area contributed by atoms with Crippen molar-refractivity contribution in [3.05, 3.63) is 27.7 Å². The summed E-state index contributed by atoms with van der Waals surface area (Å²) < 4.78 is 32.7. The van der Waals surface area contributed by atoms with Crippen molar-refractivity contribution < 1.29 is 13.2 Å². The van der Waals surface area contributed by atoms with E-state index in [1.807, 2.05) is 0 Å². The second kappa shape index (κ2) is 5.88. The Morgan fingerprint density at radius 1 is 1.33 bits per heavy atom. The fourth-order valence-electron chi connectivity index (χ4n) is 1.75. The third-order valence-corrected chi connectivity index (χ3v) is 5.48. The molecule has 0 radical (unpaired) electrons. The van der Waals surface area contributed by atoms with Crippen LogP contribution in [0.5, 0.6) is 0 Å². The first kappa shape index (κ1) is 14.3. The van der Waals surface area contributed by atoms with Gasteiger partial charge in [-0.25, -0.2) is 13.1 Å². The minimum absolute atomic E-state index is 0.0572. The summed E-state index contributed by atoms with van der Waals surface area (Å²) in [6, 6.07) is 4.50. The zero-order chi connectivity index (χ0) is 13.2. The summed E-state index contributed by atoms with van der Waals surface area (Å²) in [4.78, 5) is 0.213. The molecular weight excluding hydrogens is 342 g/mol. The highest BCUT2D eigenvalue weighted by atomic mass is 79.9. The van der Waals surface area contributed by atoms with Crippen LogP contribution in [0.3, 0.4) is 0 Å². The number of hydrogen-bond acceptors (Lipinski definition) is 3. The van der Waals surface area contributed by atoms with Gasteiger partial charge < -0.3 is 4.74 Å². The van der Waals surface area contributed by atoms with Crippen molar-refractivity contribution in [2.45, 2.75) is 23.8 Å². The van der Waals surface area contributed by atoms with E-state index in [2.05, 4.69) is 20.7 Å². The van der Waals surface area contributed by atoms with E-state index in [0.29, 0.717) is 35.6 Å². The maximum atomic E-state index is 12.1. The summed E-state index contributed by atoms with van der Waals surface area (Å²) in [5, 5.41) is 0.486. The molecule has 0 aromatic heterocycles. The van der Waals surface area contributed by atoms with Crippen molar-refractivity contribution in [2.75, 3.05) is 13.2 Å². The smallest absolute Gasteiger partial charge is 0.240 e. The van der Waals surface area contributed by atoms with E-state index >= 15 is 0 Å². The lowest BCUT2D eigenvalue weighted by atomic mass is 10.1. The lowest BCUT2D eigenvalue weighted by molar-refractivity contribution is 0.0832. The fourth-order valence-corrected chi connectivity index (χ4v) is 3.73. The van der Waals surface area contributed by atoms with Crippen LogP contribution in [0, 0.1) is 0 Å². The number of halogens is 2. The van der Waals surface area contributed by atoms with Crippen molar-refractivity contribution in [1.29, 1.82) is 0 Å². The van der Waals surface area contributed by atoms with Crippen LogP contribution in [0.15, 0.2) is 27.6 Å². The van der Waals surface area contributed by atoms with Crippen molar-refractivity contribution in [1.82, 2.24) is 4.72 Å². The molecule has 0 bridgehead atoms. The van der Waals surface area contributed by atoms with Gasteiger partial charge in [-0.05, 0) is 47.0 Å². The number of nitrogens with one attached hydrogen (secondary N) is 1. The van der Waals surface area contributed by atoms with E-state index < -0.39 is 10.0 Å². The molecule has 1 fully saturated rings. The summed E-state index contributed by atoms with van der Waals surface area (Å²) in [7, 11) is -3.49. The van der Waals surface area contributed by atoms with Crippen LogP contribution in [0.25, 0.3) is 0 Å². The Hall–Kier alpha value is -0.140. The number of rotatable bonds is 3. The summed E-state index contributed by atoms with van der Waals surface area (Å²) >= 11 is 9.06. The standard InChI is InChI=1S/C11H13BrClNO3S/c12-10-7-9(1-2-11(10)13)18(15,16)14-8-3-5-17-6-4-8/h1-2,7-8,14H,3-6H2. The largest absolute Gasteiger partial charge is 0.381 e. The van der Waals surface area contributed by atoms with E-state index in [-0.39, 0.29) is 10.9 Å². The van der Waals surface area contributed by atoms with Gasteiger partial charge in [0, 0.05) is 23.7 Å². The normalized spacial score (nSPS) is 17.9. The highest BCUT2D eigenvalue weighted by molar-refractivity contribution is 9.10. The van der Waals surface area contributed by atoms with E-state index in [0.717, 1.165) is 0 Å². The van der Waals surface area contributed by atoms with E-state index in [1.165, 1.54) is 12.1 Å². The van der Waals surface area contributed by atoms with Gasteiger partial charge in [0.05, 0.1) is 9.92 Å². The Kier molecular flexibility index (Phi) is 4.66. The van der Waals surface area contributed by atoms with Gasteiger partial charge in [0.25, 0.3) is 0 Å². The first-order valence-corrected chi connectivity index (χ1v) is 8.19. The number of benzene rings is 1. The van der Waals surface area contributed by atoms with Gasteiger partial charge in [-0.15, -0.1) is 0 Å². The quantitative estimate of drug-likeness (QED) is 0.907. The van der Waals surface area contributed by atoms with Gasteiger partial charge in [0.2, 0.25) is 10.0 Å². The predicted octanol–water partition coefficient (Wildman–Crippen LogP) is 2.56. The zero-order valence-corrected chi connectivity index (χ0v) is 12.7. The molecular formula is C11H13BrClNO3S. The van der Waals surface area contributed by atoms with Crippen molar-refractivity contribution >= 4 is 37.6 Å². The summed E-state index contributed by atoms with van der Waals surface area (Å²) in [6.07, 6.45) is 1.40. The van der Waals surface area contributed by atoms with Crippen LogP contribution in [-0.4, -0.2) is 27.7 Å². The molecule has 1 N–H and O–H groups in total. The maximum Gasteiger partial charge on any atom is 0.240 e. The molecule has 0 unspecified atom stereocenters. The molecule has 0 aliphatic carbocycles. The molecule has 4 nitrogen and oxygen atoms in total. The van der Waals surface area contributed by atoms with Crippen LogP contribution in [0.2, 0.25) is 5.02 Å². The van der Waals surface area contributed by atoms with Crippen molar-refractivity contribution in [2.24, 2.45) is 0 Å². The van der Waals surface area contributed by atoms with Gasteiger partial charge in [-0.1, -0.05) is 11.6 Å². The van der Waals surface area contributed by atoms with Crippen LogP contribution >= 0.6 is 27.5 Å². The van der Waals surface area contributed by atoms with Crippen molar-refractivity contribution in [3.63, 3.8) is 0 Å².